The van der Waals surface area contributed by atoms with Crippen molar-refractivity contribution in [2.75, 3.05) is 25.5 Å². The fraction of sp³-hybridized carbons (Fsp3) is 0.500. The minimum Gasteiger partial charge on any atom is -0.497 e. The van der Waals surface area contributed by atoms with Crippen molar-refractivity contribution >= 4 is 11.9 Å². The summed E-state index contributed by atoms with van der Waals surface area (Å²) in [5.74, 6) is 2.49. The van der Waals surface area contributed by atoms with E-state index in [0.29, 0.717) is 24.7 Å². The zero-order valence-electron chi connectivity index (χ0n) is 14.8. The highest BCUT2D eigenvalue weighted by molar-refractivity contribution is 5.89. The van der Waals surface area contributed by atoms with Gasteiger partial charge in [0.05, 0.1) is 7.11 Å². The van der Waals surface area contributed by atoms with E-state index < -0.39 is 0 Å². The fourth-order valence-corrected chi connectivity index (χ4v) is 3.00. The van der Waals surface area contributed by atoms with Gasteiger partial charge in [-0.2, -0.15) is 10.1 Å². The average molecular weight is 343 g/mol. The average Bonchev–Trinajstić information content (AvgIpc) is 3.01. The molecule has 2 aromatic rings. The van der Waals surface area contributed by atoms with Crippen molar-refractivity contribution < 1.29 is 9.53 Å². The first kappa shape index (κ1) is 17.4. The van der Waals surface area contributed by atoms with E-state index in [1.807, 2.05) is 31.3 Å². The molecule has 1 fully saturated rings. The minimum atomic E-state index is -0.0526. The van der Waals surface area contributed by atoms with Gasteiger partial charge in [-0.15, -0.1) is 0 Å². The van der Waals surface area contributed by atoms with E-state index in [4.69, 9.17) is 4.74 Å². The predicted octanol–water partition coefficient (Wildman–Crippen LogP) is 1.86. The second-order valence-corrected chi connectivity index (χ2v) is 6.34. The number of nitrogens with zero attached hydrogens (tertiary/aromatic N) is 3. The molecule has 0 bridgehead atoms. The standard InChI is InChI=1S/C18H25N5O2/c1-23-18(21-17(22-23)14-9-11-19-12-10-14)20-16(24)8-5-13-3-6-15(25-2)7-4-13/h3-4,6-7,14,19H,5,8-12H2,1-2H3,(H,20,21,22,24). The van der Waals surface area contributed by atoms with Crippen LogP contribution in [-0.4, -0.2) is 40.9 Å². The summed E-state index contributed by atoms with van der Waals surface area (Å²) < 4.78 is 6.79. The van der Waals surface area contributed by atoms with Crippen LogP contribution in [0.5, 0.6) is 5.75 Å². The van der Waals surface area contributed by atoms with E-state index in [1.54, 1.807) is 11.8 Å². The summed E-state index contributed by atoms with van der Waals surface area (Å²) in [6.45, 7) is 1.99. The molecule has 7 nitrogen and oxygen atoms in total. The van der Waals surface area contributed by atoms with Crippen molar-refractivity contribution in [3.63, 3.8) is 0 Å². The molecule has 1 aromatic carbocycles. The molecule has 1 saturated heterocycles. The minimum absolute atomic E-state index is 0.0526. The summed E-state index contributed by atoms with van der Waals surface area (Å²) in [4.78, 5) is 16.7. The molecule has 0 radical (unpaired) electrons. The van der Waals surface area contributed by atoms with Crippen LogP contribution < -0.4 is 15.4 Å². The maximum Gasteiger partial charge on any atom is 0.227 e. The molecular weight excluding hydrogens is 318 g/mol. The Morgan fingerprint density at radius 3 is 2.72 bits per heavy atom. The molecule has 1 aromatic heterocycles. The Morgan fingerprint density at radius 2 is 2.04 bits per heavy atom. The number of carbonyl (C=O) groups is 1. The molecule has 0 spiro atoms. The molecule has 0 unspecified atom stereocenters. The summed E-state index contributed by atoms with van der Waals surface area (Å²) >= 11 is 0. The normalized spacial score (nSPS) is 15.1. The SMILES string of the molecule is COc1ccc(CCC(=O)Nc2nc(C3CCNCC3)nn2C)cc1. The van der Waals surface area contributed by atoms with Crippen LogP contribution in [-0.2, 0) is 18.3 Å². The van der Waals surface area contributed by atoms with Crippen molar-refractivity contribution in [2.24, 2.45) is 7.05 Å². The number of aryl methyl sites for hydroxylation is 2. The highest BCUT2D eigenvalue weighted by Crippen LogP contribution is 2.23. The molecule has 7 heteroatoms. The van der Waals surface area contributed by atoms with Crippen LogP contribution in [0.1, 0.15) is 36.6 Å². The summed E-state index contributed by atoms with van der Waals surface area (Å²) in [6, 6.07) is 7.76. The molecule has 0 saturated carbocycles. The van der Waals surface area contributed by atoms with Gasteiger partial charge in [0, 0.05) is 19.4 Å². The number of methoxy groups -OCH3 is 1. The first-order valence-corrected chi connectivity index (χ1v) is 8.70. The molecule has 3 rings (SSSR count). The first-order chi connectivity index (χ1) is 12.2. The van der Waals surface area contributed by atoms with Crippen LogP contribution in [0.15, 0.2) is 24.3 Å². The quantitative estimate of drug-likeness (QED) is 0.837. The fourth-order valence-electron chi connectivity index (χ4n) is 3.00. The molecule has 134 valence electrons. The van der Waals surface area contributed by atoms with E-state index >= 15 is 0 Å². The van der Waals surface area contributed by atoms with Crippen LogP contribution in [0.25, 0.3) is 0 Å². The van der Waals surface area contributed by atoms with Crippen LogP contribution in [0.3, 0.4) is 0 Å². The number of carbonyl (C=O) groups excluding carboxylic acids is 1. The number of ether oxygens (including phenoxy) is 1. The molecule has 2 N–H and O–H groups in total. The number of hydrogen-bond donors (Lipinski definition) is 2. The van der Waals surface area contributed by atoms with Gasteiger partial charge in [0.25, 0.3) is 0 Å². The van der Waals surface area contributed by atoms with Gasteiger partial charge in [0.15, 0.2) is 5.82 Å². The third kappa shape index (κ3) is 4.57. The Hall–Kier alpha value is -2.41. The van der Waals surface area contributed by atoms with E-state index in [-0.39, 0.29) is 5.91 Å². The molecule has 25 heavy (non-hydrogen) atoms. The van der Waals surface area contributed by atoms with Gasteiger partial charge < -0.3 is 10.1 Å². The predicted molar refractivity (Wildman–Crippen MR) is 95.8 cm³/mol. The summed E-state index contributed by atoms with van der Waals surface area (Å²) in [7, 11) is 3.46. The number of nitrogens with one attached hydrogen (secondary N) is 2. The monoisotopic (exact) mass is 343 g/mol. The molecule has 0 aliphatic carbocycles. The van der Waals surface area contributed by atoms with Crippen molar-refractivity contribution in [2.45, 2.75) is 31.6 Å². The van der Waals surface area contributed by atoms with Gasteiger partial charge in [-0.05, 0) is 50.0 Å². The lowest BCUT2D eigenvalue weighted by Gasteiger charge is -2.19. The molecule has 1 aliphatic heterocycles. The maximum absolute atomic E-state index is 12.2. The Bertz CT molecular complexity index is 705. The lowest BCUT2D eigenvalue weighted by Crippen LogP contribution is -2.27. The Balaban J connectivity index is 1.54. The van der Waals surface area contributed by atoms with E-state index in [2.05, 4.69) is 20.7 Å². The van der Waals surface area contributed by atoms with Crippen LogP contribution >= 0.6 is 0 Å². The molecule has 1 amide bonds. The zero-order chi connectivity index (χ0) is 17.6. The van der Waals surface area contributed by atoms with Gasteiger partial charge in [-0.1, -0.05) is 12.1 Å². The second-order valence-electron chi connectivity index (χ2n) is 6.34. The van der Waals surface area contributed by atoms with Crippen molar-refractivity contribution in [3.05, 3.63) is 35.7 Å². The zero-order valence-corrected chi connectivity index (χ0v) is 14.8. The highest BCUT2D eigenvalue weighted by Gasteiger charge is 2.21. The number of aromatic nitrogens is 3. The Labute approximate surface area is 147 Å². The maximum atomic E-state index is 12.2. The van der Waals surface area contributed by atoms with Crippen LogP contribution in [0, 0.1) is 0 Å². The summed E-state index contributed by atoms with van der Waals surface area (Å²) in [5, 5.41) is 10.7. The number of hydrogen-bond acceptors (Lipinski definition) is 5. The Morgan fingerprint density at radius 1 is 1.32 bits per heavy atom. The van der Waals surface area contributed by atoms with Crippen molar-refractivity contribution in [1.29, 1.82) is 0 Å². The molecule has 0 atom stereocenters. The summed E-state index contributed by atoms with van der Waals surface area (Å²) in [6.07, 6.45) is 3.15. The largest absolute Gasteiger partial charge is 0.497 e. The number of amides is 1. The topological polar surface area (TPSA) is 81.1 Å². The molecule has 1 aliphatic rings. The lowest BCUT2D eigenvalue weighted by molar-refractivity contribution is -0.116. The van der Waals surface area contributed by atoms with Gasteiger partial charge in [0.1, 0.15) is 5.75 Å². The lowest BCUT2D eigenvalue weighted by atomic mass is 9.98. The van der Waals surface area contributed by atoms with Gasteiger partial charge >= 0.3 is 0 Å². The van der Waals surface area contributed by atoms with Gasteiger partial charge in [-0.3, -0.25) is 10.1 Å². The second kappa shape index (κ2) is 8.11. The number of benzene rings is 1. The number of rotatable bonds is 6. The van der Waals surface area contributed by atoms with E-state index in [1.165, 1.54) is 0 Å². The van der Waals surface area contributed by atoms with E-state index in [9.17, 15) is 4.79 Å². The first-order valence-electron chi connectivity index (χ1n) is 8.70. The van der Waals surface area contributed by atoms with Gasteiger partial charge in [-0.25, -0.2) is 4.68 Å². The number of anilines is 1. The Kier molecular flexibility index (Phi) is 5.65. The van der Waals surface area contributed by atoms with Crippen molar-refractivity contribution in [3.8, 4) is 5.75 Å². The third-order valence-corrected chi connectivity index (χ3v) is 4.53. The third-order valence-electron chi connectivity index (χ3n) is 4.53. The highest BCUT2D eigenvalue weighted by atomic mass is 16.5. The molecule has 2 heterocycles. The van der Waals surface area contributed by atoms with Crippen molar-refractivity contribution in [1.82, 2.24) is 20.1 Å². The van der Waals surface area contributed by atoms with Crippen LogP contribution in [0.4, 0.5) is 5.95 Å². The van der Waals surface area contributed by atoms with Crippen LogP contribution in [0.2, 0.25) is 0 Å². The number of piperidine rings is 1. The van der Waals surface area contributed by atoms with Gasteiger partial charge in [0.2, 0.25) is 11.9 Å². The summed E-state index contributed by atoms with van der Waals surface area (Å²) in [5.41, 5.74) is 1.10. The molecular formula is C18H25N5O2. The smallest absolute Gasteiger partial charge is 0.227 e. The van der Waals surface area contributed by atoms with E-state index in [0.717, 1.165) is 43.1 Å².